The molecule has 1 saturated carbocycles. The second-order valence-electron chi connectivity index (χ2n) is 5.29. The summed E-state index contributed by atoms with van der Waals surface area (Å²) in [6.45, 7) is 0.474. The Morgan fingerprint density at radius 2 is 1.95 bits per heavy atom. The van der Waals surface area contributed by atoms with Gasteiger partial charge in [0.1, 0.15) is 6.07 Å². The van der Waals surface area contributed by atoms with Crippen molar-refractivity contribution in [2.24, 2.45) is 0 Å². The lowest BCUT2D eigenvalue weighted by atomic mass is 9.94. The number of hydrogen-bond acceptors (Lipinski definition) is 3. The molecule has 0 radical (unpaired) electrons. The largest absolute Gasteiger partial charge is 0.388 e. The average molecular weight is 279 g/mol. The number of nitriles is 1. The molecule has 0 atom stereocenters. The van der Waals surface area contributed by atoms with E-state index in [1.807, 2.05) is 0 Å². The molecule has 0 unspecified atom stereocenters. The number of nitrogens with zero attached hydrogens (tertiary/aromatic N) is 1. The van der Waals surface area contributed by atoms with Gasteiger partial charge in [-0.1, -0.05) is 37.3 Å². The van der Waals surface area contributed by atoms with Crippen LogP contribution in [0.4, 0.5) is 5.69 Å². The number of halogens is 1. The van der Waals surface area contributed by atoms with E-state index in [9.17, 15) is 5.11 Å². The van der Waals surface area contributed by atoms with Gasteiger partial charge in [0.2, 0.25) is 0 Å². The van der Waals surface area contributed by atoms with Gasteiger partial charge >= 0.3 is 0 Å². The van der Waals surface area contributed by atoms with E-state index in [0.29, 0.717) is 22.8 Å². The van der Waals surface area contributed by atoms with Crippen molar-refractivity contribution in [3.05, 3.63) is 28.8 Å². The van der Waals surface area contributed by atoms with Crippen molar-refractivity contribution in [1.82, 2.24) is 0 Å². The topological polar surface area (TPSA) is 56.0 Å². The zero-order valence-corrected chi connectivity index (χ0v) is 11.7. The van der Waals surface area contributed by atoms with Gasteiger partial charge in [-0.15, -0.1) is 0 Å². The Hall–Kier alpha value is -1.24. The molecule has 0 saturated heterocycles. The van der Waals surface area contributed by atoms with Gasteiger partial charge in [-0.2, -0.15) is 5.26 Å². The molecule has 0 aliphatic heterocycles. The number of aliphatic hydroxyl groups is 1. The van der Waals surface area contributed by atoms with E-state index in [1.54, 1.807) is 18.2 Å². The third kappa shape index (κ3) is 3.86. The molecule has 3 nitrogen and oxygen atoms in total. The van der Waals surface area contributed by atoms with Crippen molar-refractivity contribution in [3.8, 4) is 6.07 Å². The van der Waals surface area contributed by atoms with Gasteiger partial charge in [0.15, 0.2) is 0 Å². The highest BCUT2D eigenvalue weighted by Gasteiger charge is 2.27. The Morgan fingerprint density at radius 1 is 1.26 bits per heavy atom. The number of anilines is 1. The van der Waals surface area contributed by atoms with Gasteiger partial charge in [-0.05, 0) is 31.0 Å². The molecule has 1 fully saturated rings. The minimum Gasteiger partial charge on any atom is -0.388 e. The van der Waals surface area contributed by atoms with Crippen LogP contribution in [-0.2, 0) is 0 Å². The van der Waals surface area contributed by atoms with Crippen LogP contribution in [0.15, 0.2) is 18.2 Å². The first-order chi connectivity index (χ1) is 9.13. The molecule has 19 heavy (non-hydrogen) atoms. The van der Waals surface area contributed by atoms with Crippen LogP contribution in [0.1, 0.15) is 44.1 Å². The van der Waals surface area contributed by atoms with Crippen LogP contribution in [0.2, 0.25) is 5.02 Å². The molecule has 2 N–H and O–H groups in total. The van der Waals surface area contributed by atoms with Crippen LogP contribution < -0.4 is 5.32 Å². The predicted molar refractivity (Wildman–Crippen MR) is 77.3 cm³/mol. The summed E-state index contributed by atoms with van der Waals surface area (Å²) in [6.07, 6.45) is 6.18. The van der Waals surface area contributed by atoms with Crippen molar-refractivity contribution in [2.75, 3.05) is 11.9 Å². The fourth-order valence-corrected chi connectivity index (χ4v) is 2.76. The Kier molecular flexibility index (Phi) is 4.68. The number of rotatable bonds is 3. The minimum absolute atomic E-state index is 0.474. The molecule has 0 aromatic heterocycles. The SMILES string of the molecule is N#Cc1ccc(Cl)cc1NCC1(O)CCCCCC1. The van der Waals surface area contributed by atoms with Crippen molar-refractivity contribution in [3.63, 3.8) is 0 Å². The summed E-state index contributed by atoms with van der Waals surface area (Å²) in [5.41, 5.74) is 0.597. The lowest BCUT2D eigenvalue weighted by Crippen LogP contribution is -2.36. The van der Waals surface area contributed by atoms with Crippen molar-refractivity contribution >= 4 is 17.3 Å². The quantitative estimate of drug-likeness (QED) is 0.829. The zero-order chi connectivity index (χ0) is 13.7. The van der Waals surface area contributed by atoms with Crippen LogP contribution in [0, 0.1) is 11.3 Å². The van der Waals surface area contributed by atoms with Gasteiger partial charge in [0.25, 0.3) is 0 Å². The maximum atomic E-state index is 10.6. The summed E-state index contributed by atoms with van der Waals surface area (Å²) in [5.74, 6) is 0. The van der Waals surface area contributed by atoms with Crippen LogP contribution >= 0.6 is 11.6 Å². The first-order valence-electron chi connectivity index (χ1n) is 6.79. The molecular formula is C15H19ClN2O. The highest BCUT2D eigenvalue weighted by molar-refractivity contribution is 6.30. The molecule has 0 spiro atoms. The van der Waals surface area contributed by atoms with E-state index in [0.717, 1.165) is 25.7 Å². The van der Waals surface area contributed by atoms with E-state index < -0.39 is 5.60 Å². The molecule has 0 bridgehead atoms. The standard InChI is InChI=1S/C15H19ClN2O/c16-13-6-5-12(10-17)14(9-13)18-11-15(19)7-3-1-2-4-8-15/h5-6,9,18-19H,1-4,7-8,11H2. The van der Waals surface area contributed by atoms with E-state index in [1.165, 1.54) is 12.8 Å². The van der Waals surface area contributed by atoms with Crippen LogP contribution in [0.5, 0.6) is 0 Å². The Balaban J connectivity index is 2.05. The fourth-order valence-electron chi connectivity index (χ4n) is 2.58. The summed E-state index contributed by atoms with van der Waals surface area (Å²) in [7, 11) is 0. The summed E-state index contributed by atoms with van der Waals surface area (Å²) >= 11 is 5.94. The predicted octanol–water partition coefficient (Wildman–Crippen LogP) is 3.71. The highest BCUT2D eigenvalue weighted by atomic mass is 35.5. The number of benzene rings is 1. The van der Waals surface area contributed by atoms with Crippen molar-refractivity contribution in [2.45, 2.75) is 44.1 Å². The number of nitrogens with one attached hydrogen (secondary N) is 1. The maximum absolute atomic E-state index is 10.6. The van der Waals surface area contributed by atoms with Gasteiger partial charge in [-0.25, -0.2) is 0 Å². The highest BCUT2D eigenvalue weighted by Crippen LogP contribution is 2.28. The maximum Gasteiger partial charge on any atom is 0.101 e. The Morgan fingerprint density at radius 3 is 2.58 bits per heavy atom. The molecule has 2 rings (SSSR count). The third-order valence-electron chi connectivity index (χ3n) is 3.74. The normalized spacial score (nSPS) is 18.4. The second kappa shape index (κ2) is 6.27. The zero-order valence-electron chi connectivity index (χ0n) is 11.0. The van der Waals surface area contributed by atoms with Crippen molar-refractivity contribution in [1.29, 1.82) is 5.26 Å². The molecule has 1 aliphatic carbocycles. The lowest BCUT2D eigenvalue weighted by Gasteiger charge is -2.27. The molecule has 0 heterocycles. The minimum atomic E-state index is -0.661. The molecule has 0 amide bonds. The first kappa shape index (κ1) is 14.2. The molecular weight excluding hydrogens is 260 g/mol. The second-order valence-corrected chi connectivity index (χ2v) is 5.73. The van der Waals surface area contributed by atoms with E-state index in [-0.39, 0.29) is 0 Å². The lowest BCUT2D eigenvalue weighted by molar-refractivity contribution is 0.0381. The van der Waals surface area contributed by atoms with E-state index in [2.05, 4.69) is 11.4 Å². The van der Waals surface area contributed by atoms with Crippen LogP contribution in [0.3, 0.4) is 0 Å². The molecule has 1 aromatic carbocycles. The molecule has 1 aliphatic rings. The summed E-state index contributed by atoms with van der Waals surface area (Å²) < 4.78 is 0. The van der Waals surface area contributed by atoms with Gasteiger partial charge in [0.05, 0.1) is 16.9 Å². The smallest absolute Gasteiger partial charge is 0.101 e. The monoisotopic (exact) mass is 278 g/mol. The average Bonchev–Trinajstić information content (AvgIpc) is 2.62. The van der Waals surface area contributed by atoms with E-state index >= 15 is 0 Å². The Bertz CT molecular complexity index is 474. The third-order valence-corrected chi connectivity index (χ3v) is 3.98. The summed E-state index contributed by atoms with van der Waals surface area (Å²) in [5, 5.41) is 23.4. The Labute approximate surface area is 119 Å². The first-order valence-corrected chi connectivity index (χ1v) is 7.17. The summed E-state index contributed by atoms with van der Waals surface area (Å²) in [4.78, 5) is 0. The number of hydrogen-bond donors (Lipinski definition) is 2. The van der Waals surface area contributed by atoms with Crippen LogP contribution in [0.25, 0.3) is 0 Å². The molecule has 102 valence electrons. The van der Waals surface area contributed by atoms with Gasteiger partial charge in [0, 0.05) is 11.6 Å². The van der Waals surface area contributed by atoms with Gasteiger partial charge < -0.3 is 10.4 Å². The van der Waals surface area contributed by atoms with E-state index in [4.69, 9.17) is 16.9 Å². The van der Waals surface area contributed by atoms with Crippen molar-refractivity contribution < 1.29 is 5.11 Å². The fraction of sp³-hybridized carbons (Fsp3) is 0.533. The summed E-state index contributed by atoms with van der Waals surface area (Å²) in [6, 6.07) is 7.27. The molecule has 1 aromatic rings. The molecule has 4 heteroatoms. The van der Waals surface area contributed by atoms with Gasteiger partial charge in [-0.3, -0.25) is 0 Å². The van der Waals surface area contributed by atoms with Crippen LogP contribution in [-0.4, -0.2) is 17.3 Å².